The van der Waals surface area contributed by atoms with Gasteiger partial charge in [-0.25, -0.2) is 4.79 Å². The van der Waals surface area contributed by atoms with Gasteiger partial charge in [0.25, 0.3) is 5.91 Å². The molecular formula is C17H16BrNO4. The fourth-order valence-corrected chi connectivity index (χ4v) is 2.33. The number of hydrogen-bond donors (Lipinski definition) is 1. The molecule has 0 spiro atoms. The summed E-state index contributed by atoms with van der Waals surface area (Å²) in [6.45, 7) is 1.56. The number of methoxy groups -OCH3 is 1. The Bertz CT molecular complexity index is 730. The number of carbonyl (C=O) groups excluding carboxylic acids is 2. The molecule has 120 valence electrons. The smallest absolute Gasteiger partial charge is 0.339 e. The van der Waals surface area contributed by atoms with Crippen LogP contribution in [0.15, 0.2) is 46.9 Å². The number of amides is 1. The summed E-state index contributed by atoms with van der Waals surface area (Å²) in [7, 11) is 1.51. The van der Waals surface area contributed by atoms with Gasteiger partial charge in [0.15, 0.2) is 6.61 Å². The summed E-state index contributed by atoms with van der Waals surface area (Å²) < 4.78 is 10.7. The number of rotatable bonds is 5. The summed E-state index contributed by atoms with van der Waals surface area (Å²) in [6.07, 6.45) is 0. The molecule has 2 rings (SSSR count). The molecule has 2 aromatic rings. The molecule has 0 aliphatic heterocycles. The van der Waals surface area contributed by atoms with Gasteiger partial charge in [0.2, 0.25) is 0 Å². The van der Waals surface area contributed by atoms with Gasteiger partial charge in [-0.2, -0.15) is 0 Å². The molecule has 0 aliphatic rings. The average molecular weight is 378 g/mol. The third-order valence-corrected chi connectivity index (χ3v) is 3.72. The lowest BCUT2D eigenvalue weighted by atomic mass is 10.2. The van der Waals surface area contributed by atoms with Gasteiger partial charge in [0.1, 0.15) is 5.75 Å². The van der Waals surface area contributed by atoms with Crippen molar-refractivity contribution in [1.82, 2.24) is 0 Å². The van der Waals surface area contributed by atoms with Crippen molar-refractivity contribution in [2.75, 3.05) is 19.0 Å². The van der Waals surface area contributed by atoms with E-state index in [4.69, 9.17) is 9.47 Å². The highest BCUT2D eigenvalue weighted by atomic mass is 79.9. The molecular weight excluding hydrogens is 362 g/mol. The van der Waals surface area contributed by atoms with Crippen LogP contribution < -0.4 is 10.1 Å². The first-order valence-electron chi connectivity index (χ1n) is 6.87. The SMILES string of the molecule is COc1ccc(Br)c(C(=O)OCC(=O)Nc2cccc(C)c2)c1. The molecule has 5 nitrogen and oxygen atoms in total. The first kappa shape index (κ1) is 17.0. The highest BCUT2D eigenvalue weighted by Crippen LogP contribution is 2.23. The predicted molar refractivity (Wildman–Crippen MR) is 90.8 cm³/mol. The number of nitrogens with one attached hydrogen (secondary N) is 1. The number of ether oxygens (including phenoxy) is 2. The van der Waals surface area contributed by atoms with Crippen LogP contribution in [-0.4, -0.2) is 25.6 Å². The van der Waals surface area contributed by atoms with Crippen LogP contribution in [0.5, 0.6) is 5.75 Å². The fourth-order valence-electron chi connectivity index (χ4n) is 1.92. The second-order valence-corrected chi connectivity index (χ2v) is 5.69. The van der Waals surface area contributed by atoms with Crippen molar-refractivity contribution in [1.29, 1.82) is 0 Å². The molecule has 0 bridgehead atoms. The Balaban J connectivity index is 1.95. The van der Waals surface area contributed by atoms with Crippen LogP contribution in [0.4, 0.5) is 5.69 Å². The van der Waals surface area contributed by atoms with Crippen molar-refractivity contribution < 1.29 is 19.1 Å². The molecule has 0 aromatic heterocycles. The van der Waals surface area contributed by atoms with E-state index in [0.29, 0.717) is 21.5 Å². The molecule has 23 heavy (non-hydrogen) atoms. The van der Waals surface area contributed by atoms with E-state index in [1.807, 2.05) is 25.1 Å². The number of aryl methyl sites for hydroxylation is 1. The predicted octanol–water partition coefficient (Wildman–Crippen LogP) is 3.56. The lowest BCUT2D eigenvalue weighted by molar-refractivity contribution is -0.119. The molecule has 0 aliphatic carbocycles. The third kappa shape index (κ3) is 4.82. The Labute approximate surface area is 142 Å². The summed E-state index contributed by atoms with van der Waals surface area (Å²) in [5.41, 5.74) is 1.99. The second-order valence-electron chi connectivity index (χ2n) is 4.84. The first-order valence-corrected chi connectivity index (χ1v) is 7.66. The molecule has 2 aromatic carbocycles. The Kier molecular flexibility index (Phi) is 5.76. The van der Waals surface area contributed by atoms with Crippen LogP contribution >= 0.6 is 15.9 Å². The van der Waals surface area contributed by atoms with Crippen molar-refractivity contribution in [3.05, 3.63) is 58.1 Å². The zero-order valence-electron chi connectivity index (χ0n) is 12.8. The summed E-state index contributed by atoms with van der Waals surface area (Å²) in [6, 6.07) is 12.3. The largest absolute Gasteiger partial charge is 0.497 e. The van der Waals surface area contributed by atoms with Gasteiger partial charge in [-0.15, -0.1) is 0 Å². The van der Waals surface area contributed by atoms with E-state index in [0.717, 1.165) is 5.56 Å². The van der Waals surface area contributed by atoms with Crippen LogP contribution in [0.25, 0.3) is 0 Å². The van der Waals surface area contributed by atoms with E-state index in [1.54, 1.807) is 24.3 Å². The second kappa shape index (κ2) is 7.78. The summed E-state index contributed by atoms with van der Waals surface area (Å²) in [5, 5.41) is 2.67. The molecule has 0 heterocycles. The zero-order valence-corrected chi connectivity index (χ0v) is 14.3. The Hall–Kier alpha value is -2.34. The molecule has 0 saturated carbocycles. The molecule has 6 heteroatoms. The monoisotopic (exact) mass is 377 g/mol. The van der Waals surface area contributed by atoms with Crippen molar-refractivity contribution >= 4 is 33.5 Å². The number of esters is 1. The highest BCUT2D eigenvalue weighted by molar-refractivity contribution is 9.10. The third-order valence-electron chi connectivity index (χ3n) is 3.03. The summed E-state index contributed by atoms with van der Waals surface area (Å²) in [5.74, 6) is -0.470. The van der Waals surface area contributed by atoms with Crippen molar-refractivity contribution in [3.8, 4) is 5.75 Å². The molecule has 0 unspecified atom stereocenters. The van der Waals surface area contributed by atoms with E-state index < -0.39 is 11.9 Å². The van der Waals surface area contributed by atoms with E-state index >= 15 is 0 Å². The standard InChI is InChI=1S/C17H16BrNO4/c1-11-4-3-5-12(8-11)19-16(20)10-23-17(21)14-9-13(22-2)6-7-15(14)18/h3-9H,10H2,1-2H3,(H,19,20). The van der Waals surface area contributed by atoms with Gasteiger partial charge in [-0.05, 0) is 58.7 Å². The summed E-state index contributed by atoms with van der Waals surface area (Å²) >= 11 is 3.27. The number of halogens is 1. The minimum absolute atomic E-state index is 0.299. The van der Waals surface area contributed by atoms with E-state index in [1.165, 1.54) is 7.11 Å². The topological polar surface area (TPSA) is 64.6 Å². The maximum atomic E-state index is 12.1. The average Bonchev–Trinajstić information content (AvgIpc) is 2.53. The molecule has 0 radical (unpaired) electrons. The zero-order chi connectivity index (χ0) is 16.8. The van der Waals surface area contributed by atoms with Crippen molar-refractivity contribution in [3.63, 3.8) is 0 Å². The fraction of sp³-hybridized carbons (Fsp3) is 0.176. The maximum Gasteiger partial charge on any atom is 0.339 e. The summed E-state index contributed by atoms with van der Waals surface area (Å²) in [4.78, 5) is 23.9. The number of anilines is 1. The minimum Gasteiger partial charge on any atom is -0.497 e. The van der Waals surface area contributed by atoms with Crippen molar-refractivity contribution in [2.45, 2.75) is 6.92 Å². The number of benzene rings is 2. The molecule has 1 N–H and O–H groups in total. The Morgan fingerprint density at radius 2 is 1.96 bits per heavy atom. The van der Waals surface area contributed by atoms with Crippen molar-refractivity contribution in [2.24, 2.45) is 0 Å². The first-order chi connectivity index (χ1) is 11.0. The maximum absolute atomic E-state index is 12.1. The van der Waals surface area contributed by atoms with Gasteiger partial charge < -0.3 is 14.8 Å². The minimum atomic E-state index is -0.602. The van der Waals surface area contributed by atoms with Crippen LogP contribution in [0, 0.1) is 6.92 Å². The Morgan fingerprint density at radius 3 is 2.65 bits per heavy atom. The van der Waals surface area contributed by atoms with Gasteiger partial charge in [-0.1, -0.05) is 12.1 Å². The van der Waals surface area contributed by atoms with Crippen LogP contribution in [0.1, 0.15) is 15.9 Å². The van der Waals surface area contributed by atoms with E-state index in [-0.39, 0.29) is 6.61 Å². The van der Waals surface area contributed by atoms with E-state index in [2.05, 4.69) is 21.2 Å². The van der Waals surface area contributed by atoms with Gasteiger partial charge in [0.05, 0.1) is 12.7 Å². The van der Waals surface area contributed by atoms with Gasteiger partial charge >= 0.3 is 5.97 Å². The van der Waals surface area contributed by atoms with Crippen LogP contribution in [-0.2, 0) is 9.53 Å². The molecule has 0 saturated heterocycles. The highest BCUT2D eigenvalue weighted by Gasteiger charge is 2.14. The van der Waals surface area contributed by atoms with Crippen LogP contribution in [0.2, 0.25) is 0 Å². The molecule has 0 fully saturated rings. The quantitative estimate of drug-likeness (QED) is 0.809. The van der Waals surface area contributed by atoms with Crippen LogP contribution in [0.3, 0.4) is 0 Å². The van der Waals surface area contributed by atoms with Gasteiger partial charge in [0, 0.05) is 10.2 Å². The number of carbonyl (C=O) groups is 2. The lowest BCUT2D eigenvalue weighted by Crippen LogP contribution is -2.21. The van der Waals surface area contributed by atoms with E-state index in [9.17, 15) is 9.59 Å². The number of hydrogen-bond acceptors (Lipinski definition) is 4. The molecule has 0 atom stereocenters. The normalized spacial score (nSPS) is 10.0. The van der Waals surface area contributed by atoms with Gasteiger partial charge in [-0.3, -0.25) is 4.79 Å². The lowest BCUT2D eigenvalue weighted by Gasteiger charge is -2.09. The Morgan fingerprint density at radius 1 is 1.17 bits per heavy atom. The molecule has 1 amide bonds.